The van der Waals surface area contributed by atoms with Gasteiger partial charge >= 0.3 is 6.09 Å². The highest BCUT2D eigenvalue weighted by molar-refractivity contribution is 5.93. The summed E-state index contributed by atoms with van der Waals surface area (Å²) in [6, 6.07) is 4.90. The Morgan fingerprint density at radius 2 is 1.73 bits per heavy atom. The highest BCUT2D eigenvalue weighted by Crippen LogP contribution is 2.33. The lowest BCUT2D eigenvalue weighted by molar-refractivity contribution is -0.149. The number of amides is 4. The minimum Gasteiger partial charge on any atom is -0.444 e. The van der Waals surface area contributed by atoms with E-state index in [0.717, 1.165) is 5.56 Å². The summed E-state index contributed by atoms with van der Waals surface area (Å²) in [5.41, 5.74) is 5.15. The van der Waals surface area contributed by atoms with Crippen LogP contribution in [-0.2, 0) is 19.1 Å². The Balaban J connectivity index is 3.69. The van der Waals surface area contributed by atoms with Gasteiger partial charge < -0.3 is 26.0 Å². The van der Waals surface area contributed by atoms with Crippen LogP contribution in [0.2, 0.25) is 0 Å². The zero-order valence-electron chi connectivity index (χ0n) is 23.5. The van der Waals surface area contributed by atoms with Crippen molar-refractivity contribution in [2.24, 2.45) is 5.73 Å². The molecule has 4 N–H and O–H groups in total. The average molecular weight is 517 g/mol. The fourth-order valence-electron chi connectivity index (χ4n) is 3.74. The Hall–Kier alpha value is -3.36. The van der Waals surface area contributed by atoms with E-state index in [4.69, 9.17) is 10.5 Å². The van der Waals surface area contributed by atoms with Gasteiger partial charge in [-0.3, -0.25) is 14.4 Å². The maximum absolute atomic E-state index is 14.2. The number of carbonyl (C=O) groups is 4. The molecule has 206 valence electrons. The van der Waals surface area contributed by atoms with Gasteiger partial charge in [-0.2, -0.15) is 0 Å². The van der Waals surface area contributed by atoms with Gasteiger partial charge in [-0.25, -0.2) is 4.79 Å². The van der Waals surface area contributed by atoms with Crippen LogP contribution in [0.4, 0.5) is 4.79 Å². The van der Waals surface area contributed by atoms with Crippen molar-refractivity contribution in [3.63, 3.8) is 0 Å². The Bertz CT molecular complexity index is 981. The zero-order chi connectivity index (χ0) is 28.6. The predicted octanol–water partition coefficient (Wildman–Crippen LogP) is 4.07. The maximum Gasteiger partial charge on any atom is 0.408 e. The number of alkyl carbamates (subject to hydrolysis) is 1. The van der Waals surface area contributed by atoms with Crippen molar-refractivity contribution >= 4 is 29.9 Å². The Labute approximate surface area is 221 Å². The molecule has 1 aromatic carbocycles. The van der Waals surface area contributed by atoms with Crippen molar-refractivity contribution in [3.8, 4) is 0 Å². The molecule has 4 amide bonds. The minimum atomic E-state index is -1.15. The lowest BCUT2D eigenvalue weighted by Crippen LogP contribution is -2.59. The molecular formula is C28H44N4O5. The molecule has 0 radical (unpaired) electrons. The fourth-order valence-corrected chi connectivity index (χ4v) is 3.74. The van der Waals surface area contributed by atoms with Crippen LogP contribution in [-0.4, -0.2) is 51.9 Å². The molecule has 0 heterocycles. The van der Waals surface area contributed by atoms with E-state index in [9.17, 15) is 19.2 Å². The van der Waals surface area contributed by atoms with Gasteiger partial charge in [0.05, 0.1) is 0 Å². The second kappa shape index (κ2) is 13.3. The molecule has 0 fully saturated rings. The number of nitrogens with two attached hydrogens (primary N) is 1. The van der Waals surface area contributed by atoms with Gasteiger partial charge in [-0.05, 0) is 78.5 Å². The molecule has 2 atom stereocenters. The van der Waals surface area contributed by atoms with E-state index in [1.165, 1.54) is 4.90 Å². The third-order valence-electron chi connectivity index (χ3n) is 5.82. The first kappa shape index (κ1) is 31.7. The summed E-state index contributed by atoms with van der Waals surface area (Å²) in [6.07, 6.45) is 1.19. The lowest BCUT2D eigenvalue weighted by atomic mass is 9.91. The molecule has 0 saturated carbocycles. The van der Waals surface area contributed by atoms with E-state index in [0.29, 0.717) is 12.0 Å². The van der Waals surface area contributed by atoms with Crippen molar-refractivity contribution in [2.75, 3.05) is 0 Å². The molecule has 1 rings (SSSR count). The molecule has 2 unspecified atom stereocenters. The molecule has 0 aliphatic rings. The SMILES string of the molecule is C=Cc1cccc(C(C(=O)NC(C)C)N(C(=O)C(CCC(N)=O)NC(=O)OC(C)(C)C)C(C)(C)CC)c1. The number of hydrogen-bond donors (Lipinski definition) is 3. The van der Waals surface area contributed by atoms with Gasteiger partial charge in [0, 0.05) is 18.0 Å². The van der Waals surface area contributed by atoms with Crippen molar-refractivity contribution in [2.45, 2.75) is 104 Å². The number of primary amides is 1. The molecule has 9 nitrogen and oxygen atoms in total. The third kappa shape index (κ3) is 9.90. The molecule has 0 spiro atoms. The van der Waals surface area contributed by atoms with Crippen LogP contribution < -0.4 is 16.4 Å². The van der Waals surface area contributed by atoms with Crippen LogP contribution in [0.1, 0.15) is 91.8 Å². The standard InChI is InChI=1S/C28H44N4O5/c1-10-19-13-12-14-20(17-19)23(24(34)30-18(3)4)32(28(8,9)11-2)25(35)21(15-16-22(29)33)31-26(36)37-27(5,6)7/h10,12-14,17-18,21,23H,1,11,15-16H2,2-9H3,(H2,29,33)(H,30,34)(H,31,36). The number of benzene rings is 1. The Morgan fingerprint density at radius 3 is 2.22 bits per heavy atom. The first-order chi connectivity index (χ1) is 17.0. The molecular weight excluding hydrogens is 472 g/mol. The van der Waals surface area contributed by atoms with Crippen molar-refractivity contribution in [1.29, 1.82) is 0 Å². The van der Waals surface area contributed by atoms with Gasteiger partial charge in [0.1, 0.15) is 17.7 Å². The Morgan fingerprint density at radius 1 is 1.11 bits per heavy atom. The van der Waals surface area contributed by atoms with E-state index in [2.05, 4.69) is 17.2 Å². The number of nitrogens with one attached hydrogen (secondary N) is 2. The highest BCUT2D eigenvalue weighted by Gasteiger charge is 2.43. The predicted molar refractivity (Wildman–Crippen MR) is 145 cm³/mol. The highest BCUT2D eigenvalue weighted by atomic mass is 16.6. The quantitative estimate of drug-likeness (QED) is 0.385. The number of rotatable bonds is 12. The molecule has 9 heteroatoms. The van der Waals surface area contributed by atoms with Gasteiger partial charge in [0.15, 0.2) is 0 Å². The van der Waals surface area contributed by atoms with Crippen LogP contribution in [0, 0.1) is 0 Å². The van der Waals surface area contributed by atoms with Crippen LogP contribution in [0.5, 0.6) is 0 Å². The maximum atomic E-state index is 14.2. The first-order valence-electron chi connectivity index (χ1n) is 12.7. The van der Waals surface area contributed by atoms with Crippen LogP contribution in [0.25, 0.3) is 6.08 Å². The molecule has 0 aromatic heterocycles. The fraction of sp³-hybridized carbons (Fsp3) is 0.571. The van der Waals surface area contributed by atoms with Gasteiger partial charge in [-0.15, -0.1) is 0 Å². The molecule has 0 aliphatic heterocycles. The number of nitrogens with zero attached hydrogens (tertiary/aromatic N) is 1. The van der Waals surface area contributed by atoms with Crippen molar-refractivity contribution in [1.82, 2.24) is 15.5 Å². The largest absolute Gasteiger partial charge is 0.444 e. The summed E-state index contributed by atoms with van der Waals surface area (Å²) in [6.45, 7) is 18.2. The van der Waals surface area contributed by atoms with E-state index < -0.39 is 41.1 Å². The molecule has 0 aliphatic carbocycles. The van der Waals surface area contributed by atoms with Gasteiger partial charge in [0.25, 0.3) is 0 Å². The minimum absolute atomic E-state index is 0.0467. The number of ether oxygens (including phenoxy) is 1. The summed E-state index contributed by atoms with van der Waals surface area (Å²) in [5, 5.41) is 5.53. The normalized spacial score (nSPS) is 13.3. The first-order valence-corrected chi connectivity index (χ1v) is 12.7. The van der Waals surface area contributed by atoms with Crippen molar-refractivity contribution < 1.29 is 23.9 Å². The lowest BCUT2D eigenvalue weighted by Gasteiger charge is -2.44. The zero-order valence-corrected chi connectivity index (χ0v) is 23.5. The number of hydrogen-bond acceptors (Lipinski definition) is 5. The second-order valence-corrected chi connectivity index (χ2v) is 11.0. The average Bonchev–Trinajstić information content (AvgIpc) is 2.77. The molecule has 1 aromatic rings. The molecule has 0 saturated heterocycles. The van der Waals surface area contributed by atoms with Crippen LogP contribution >= 0.6 is 0 Å². The van der Waals surface area contributed by atoms with Crippen LogP contribution in [0.3, 0.4) is 0 Å². The third-order valence-corrected chi connectivity index (χ3v) is 5.82. The van der Waals surface area contributed by atoms with E-state index in [-0.39, 0.29) is 24.8 Å². The van der Waals surface area contributed by atoms with Gasteiger partial charge in [-0.1, -0.05) is 37.8 Å². The molecule has 37 heavy (non-hydrogen) atoms. The van der Waals surface area contributed by atoms with Crippen molar-refractivity contribution in [3.05, 3.63) is 42.0 Å². The second-order valence-electron chi connectivity index (χ2n) is 11.0. The topological polar surface area (TPSA) is 131 Å². The molecule has 0 bridgehead atoms. The van der Waals surface area contributed by atoms with Gasteiger partial charge in [0.2, 0.25) is 17.7 Å². The summed E-state index contributed by atoms with van der Waals surface area (Å²) >= 11 is 0. The monoisotopic (exact) mass is 516 g/mol. The van der Waals surface area contributed by atoms with E-state index in [1.54, 1.807) is 39.0 Å². The summed E-state index contributed by atoms with van der Waals surface area (Å²) in [7, 11) is 0. The summed E-state index contributed by atoms with van der Waals surface area (Å²) in [5.74, 6) is -1.50. The summed E-state index contributed by atoms with van der Waals surface area (Å²) in [4.78, 5) is 53.6. The smallest absolute Gasteiger partial charge is 0.408 e. The van der Waals surface area contributed by atoms with E-state index in [1.807, 2.05) is 46.8 Å². The van der Waals surface area contributed by atoms with E-state index >= 15 is 0 Å². The Kier molecular flexibility index (Phi) is 11.4. The van der Waals surface area contributed by atoms with Crippen LogP contribution in [0.15, 0.2) is 30.8 Å². The summed E-state index contributed by atoms with van der Waals surface area (Å²) < 4.78 is 5.37. The number of carbonyl (C=O) groups excluding carboxylic acids is 4.